The van der Waals surface area contributed by atoms with Crippen LogP contribution in [0.15, 0.2) is 15.9 Å². The van der Waals surface area contributed by atoms with Crippen LogP contribution in [0.1, 0.15) is 25.3 Å². The van der Waals surface area contributed by atoms with Gasteiger partial charge >= 0.3 is 5.69 Å². The fraction of sp³-hybridized carbons (Fsp3) is 0.615. The van der Waals surface area contributed by atoms with Gasteiger partial charge in [-0.15, -0.1) is 0 Å². The monoisotopic (exact) mass is 293 g/mol. The lowest BCUT2D eigenvalue weighted by atomic mass is 9.88. The molecule has 1 saturated carbocycles. The van der Waals surface area contributed by atoms with Crippen LogP contribution in [-0.2, 0) is 14.1 Å². The molecule has 8 nitrogen and oxygen atoms in total. The Morgan fingerprint density at radius 3 is 2.71 bits per heavy atom. The molecule has 0 aromatic carbocycles. The van der Waals surface area contributed by atoms with E-state index < -0.39 is 17.4 Å². The largest absolute Gasteiger partial charge is 0.389 e. The number of hydrogen-bond donors (Lipinski definition) is 2. The molecular weight excluding hydrogens is 274 g/mol. The second kappa shape index (κ2) is 4.81. The van der Waals surface area contributed by atoms with Gasteiger partial charge in [0.1, 0.15) is 5.65 Å². The van der Waals surface area contributed by atoms with Crippen molar-refractivity contribution in [2.24, 2.45) is 19.8 Å². The molecular formula is C13H19N5O3. The van der Waals surface area contributed by atoms with Crippen molar-refractivity contribution in [3.05, 3.63) is 27.2 Å². The minimum atomic E-state index is -0.713. The first-order valence-electron chi connectivity index (χ1n) is 6.99. The number of rotatable bonds is 1. The molecule has 1 fully saturated rings. The van der Waals surface area contributed by atoms with Gasteiger partial charge in [-0.2, -0.15) is 0 Å². The van der Waals surface area contributed by atoms with E-state index in [1.165, 1.54) is 17.9 Å². The highest BCUT2D eigenvalue weighted by atomic mass is 16.3. The van der Waals surface area contributed by atoms with Gasteiger partial charge < -0.3 is 15.4 Å². The Morgan fingerprint density at radius 2 is 2.00 bits per heavy atom. The predicted molar refractivity (Wildman–Crippen MR) is 77.1 cm³/mol. The third-order valence-electron chi connectivity index (χ3n) is 4.39. The van der Waals surface area contributed by atoms with Gasteiger partial charge in [-0.25, -0.2) is 9.78 Å². The fourth-order valence-corrected chi connectivity index (χ4v) is 3.13. The van der Waals surface area contributed by atoms with Crippen molar-refractivity contribution >= 4 is 11.2 Å². The van der Waals surface area contributed by atoms with Crippen molar-refractivity contribution < 1.29 is 5.11 Å². The van der Waals surface area contributed by atoms with Gasteiger partial charge in [0, 0.05) is 20.1 Å². The molecule has 21 heavy (non-hydrogen) atoms. The van der Waals surface area contributed by atoms with E-state index in [-0.39, 0.29) is 17.6 Å². The Hall–Kier alpha value is -1.93. The summed E-state index contributed by atoms with van der Waals surface area (Å²) in [6.07, 6.45) is 3.20. The van der Waals surface area contributed by atoms with Gasteiger partial charge in [-0.1, -0.05) is 0 Å². The average Bonchev–Trinajstić information content (AvgIpc) is 2.90. The van der Waals surface area contributed by atoms with E-state index in [0.717, 1.165) is 23.8 Å². The first kappa shape index (κ1) is 14.0. The second-order valence-electron chi connectivity index (χ2n) is 5.68. The lowest BCUT2D eigenvalue weighted by Crippen LogP contribution is -2.44. The zero-order chi connectivity index (χ0) is 15.3. The van der Waals surface area contributed by atoms with Crippen molar-refractivity contribution in [3.63, 3.8) is 0 Å². The van der Waals surface area contributed by atoms with Gasteiger partial charge in [0.25, 0.3) is 5.56 Å². The first-order chi connectivity index (χ1) is 9.93. The normalized spacial score (nSPS) is 26.4. The average molecular weight is 293 g/mol. The standard InChI is InChI=1S/C13H19N5O3/c1-16-11-9(12(20)17(2)13(16)21)15-6-18(11)8-5-3-4-7(14)10(8)19/h6-8,10,19H,3-5,14H2,1-2H3/t7-,8-,10-/m1/s1. The van der Waals surface area contributed by atoms with Gasteiger partial charge in [0.15, 0.2) is 5.52 Å². The number of hydrogen-bond acceptors (Lipinski definition) is 5. The van der Waals surface area contributed by atoms with Crippen LogP contribution in [0.5, 0.6) is 0 Å². The lowest BCUT2D eigenvalue weighted by molar-refractivity contribution is 0.0582. The van der Waals surface area contributed by atoms with E-state index in [1.54, 1.807) is 11.6 Å². The van der Waals surface area contributed by atoms with E-state index in [0.29, 0.717) is 5.65 Å². The molecule has 0 amide bonds. The molecule has 3 rings (SSSR count). The van der Waals surface area contributed by atoms with Crippen LogP contribution in [0.25, 0.3) is 11.2 Å². The Balaban J connectivity index is 2.26. The molecule has 3 N–H and O–H groups in total. The van der Waals surface area contributed by atoms with Crippen molar-refractivity contribution in [2.75, 3.05) is 0 Å². The molecule has 3 atom stereocenters. The molecule has 8 heteroatoms. The summed E-state index contributed by atoms with van der Waals surface area (Å²) in [7, 11) is 3.02. The summed E-state index contributed by atoms with van der Waals surface area (Å²) in [6.45, 7) is 0. The van der Waals surface area contributed by atoms with Crippen LogP contribution >= 0.6 is 0 Å². The number of nitrogens with zero attached hydrogens (tertiary/aromatic N) is 4. The number of fused-ring (bicyclic) bond motifs is 1. The summed E-state index contributed by atoms with van der Waals surface area (Å²) < 4.78 is 4.13. The summed E-state index contributed by atoms with van der Waals surface area (Å²) >= 11 is 0. The smallest absolute Gasteiger partial charge is 0.332 e. The van der Waals surface area contributed by atoms with E-state index in [9.17, 15) is 14.7 Å². The topological polar surface area (TPSA) is 108 Å². The molecule has 2 aromatic heterocycles. The zero-order valence-corrected chi connectivity index (χ0v) is 12.1. The van der Waals surface area contributed by atoms with E-state index in [1.807, 2.05) is 0 Å². The molecule has 0 aliphatic heterocycles. The molecule has 2 heterocycles. The minimum Gasteiger partial charge on any atom is -0.389 e. The van der Waals surface area contributed by atoms with Gasteiger partial charge in [0.05, 0.1) is 18.5 Å². The van der Waals surface area contributed by atoms with Crippen LogP contribution < -0.4 is 17.0 Å². The zero-order valence-electron chi connectivity index (χ0n) is 12.1. The maximum absolute atomic E-state index is 12.1. The maximum atomic E-state index is 12.1. The van der Waals surface area contributed by atoms with Gasteiger partial charge in [0.2, 0.25) is 0 Å². The number of aliphatic hydroxyl groups excluding tert-OH is 1. The number of aliphatic hydroxyl groups is 1. The number of imidazole rings is 1. The van der Waals surface area contributed by atoms with Gasteiger partial charge in [-0.05, 0) is 19.3 Å². The quantitative estimate of drug-likeness (QED) is 0.690. The van der Waals surface area contributed by atoms with Crippen molar-refractivity contribution in [1.82, 2.24) is 18.7 Å². The Kier molecular flexibility index (Phi) is 3.22. The Morgan fingerprint density at radius 1 is 1.29 bits per heavy atom. The predicted octanol–water partition coefficient (Wildman–Crippen LogP) is -1.15. The summed E-state index contributed by atoms with van der Waals surface area (Å²) in [5.74, 6) is 0. The highest BCUT2D eigenvalue weighted by molar-refractivity contribution is 5.70. The van der Waals surface area contributed by atoms with E-state index >= 15 is 0 Å². The summed E-state index contributed by atoms with van der Waals surface area (Å²) in [5, 5.41) is 10.3. The Labute approximate surface area is 120 Å². The van der Waals surface area contributed by atoms with Crippen LogP contribution in [0, 0.1) is 0 Å². The number of nitrogens with two attached hydrogens (primary N) is 1. The van der Waals surface area contributed by atoms with Crippen LogP contribution in [-0.4, -0.2) is 35.9 Å². The minimum absolute atomic E-state index is 0.228. The van der Waals surface area contributed by atoms with Crippen LogP contribution in [0.4, 0.5) is 0 Å². The molecule has 1 aliphatic carbocycles. The third-order valence-corrected chi connectivity index (χ3v) is 4.39. The number of aromatic nitrogens is 4. The molecule has 0 radical (unpaired) electrons. The number of aryl methyl sites for hydroxylation is 1. The summed E-state index contributed by atoms with van der Waals surface area (Å²) in [6, 6.07) is -0.568. The summed E-state index contributed by atoms with van der Waals surface area (Å²) in [5.41, 5.74) is 5.74. The molecule has 114 valence electrons. The van der Waals surface area contributed by atoms with Crippen molar-refractivity contribution in [1.29, 1.82) is 0 Å². The van der Waals surface area contributed by atoms with E-state index in [2.05, 4.69) is 4.98 Å². The molecule has 0 bridgehead atoms. The van der Waals surface area contributed by atoms with Crippen LogP contribution in [0.2, 0.25) is 0 Å². The molecule has 0 spiro atoms. The SMILES string of the molecule is Cn1c(=O)c2ncn([C@@H]3CCC[C@@H](N)[C@H]3O)c2n(C)c1=O. The Bertz CT molecular complexity index is 802. The van der Waals surface area contributed by atoms with Gasteiger partial charge in [-0.3, -0.25) is 13.9 Å². The highest BCUT2D eigenvalue weighted by Gasteiger charge is 2.32. The maximum Gasteiger partial charge on any atom is 0.332 e. The van der Waals surface area contributed by atoms with Crippen LogP contribution in [0.3, 0.4) is 0 Å². The van der Waals surface area contributed by atoms with Crippen molar-refractivity contribution in [3.8, 4) is 0 Å². The van der Waals surface area contributed by atoms with Crippen molar-refractivity contribution in [2.45, 2.75) is 37.5 Å². The summed E-state index contributed by atoms with van der Waals surface area (Å²) in [4.78, 5) is 28.3. The lowest BCUT2D eigenvalue weighted by Gasteiger charge is -2.33. The fourth-order valence-electron chi connectivity index (χ4n) is 3.13. The first-order valence-corrected chi connectivity index (χ1v) is 6.99. The molecule has 0 unspecified atom stereocenters. The molecule has 0 saturated heterocycles. The molecule has 2 aromatic rings. The second-order valence-corrected chi connectivity index (χ2v) is 5.68. The highest BCUT2D eigenvalue weighted by Crippen LogP contribution is 2.29. The third kappa shape index (κ3) is 1.94. The molecule has 1 aliphatic rings. The van der Waals surface area contributed by atoms with E-state index in [4.69, 9.17) is 5.73 Å².